The second kappa shape index (κ2) is 5.20. The van der Waals surface area contributed by atoms with E-state index in [2.05, 4.69) is 19.8 Å². The smallest absolute Gasteiger partial charge is 0.225 e. The van der Waals surface area contributed by atoms with Crippen molar-refractivity contribution in [1.82, 2.24) is 14.9 Å². The minimum atomic E-state index is -0.623. The van der Waals surface area contributed by atoms with Gasteiger partial charge < -0.3 is 10.0 Å². The summed E-state index contributed by atoms with van der Waals surface area (Å²) in [5.74, 6) is 0.818. The molecular formula is C13H22N4O. The lowest BCUT2D eigenvalue weighted by atomic mass is 10.1. The van der Waals surface area contributed by atoms with Crippen molar-refractivity contribution in [2.75, 3.05) is 37.6 Å². The van der Waals surface area contributed by atoms with Gasteiger partial charge in [0.05, 0.1) is 5.60 Å². The highest BCUT2D eigenvalue weighted by atomic mass is 16.3. The summed E-state index contributed by atoms with van der Waals surface area (Å²) in [7, 11) is 0. The lowest BCUT2D eigenvalue weighted by Crippen LogP contribution is -2.50. The Labute approximate surface area is 108 Å². The highest BCUT2D eigenvalue weighted by Gasteiger charge is 2.23. The Kier molecular flexibility index (Phi) is 3.82. The molecule has 100 valence electrons. The maximum absolute atomic E-state index is 9.81. The van der Waals surface area contributed by atoms with Crippen molar-refractivity contribution >= 4 is 5.95 Å². The SMILES string of the molecule is Cc1ccnc(N2CCN(CC(C)(C)O)CC2)n1. The summed E-state index contributed by atoms with van der Waals surface area (Å²) < 4.78 is 0. The third kappa shape index (κ3) is 3.65. The van der Waals surface area contributed by atoms with Gasteiger partial charge in [-0.05, 0) is 26.8 Å². The molecule has 1 N–H and O–H groups in total. The van der Waals surface area contributed by atoms with Gasteiger partial charge in [-0.2, -0.15) is 0 Å². The van der Waals surface area contributed by atoms with Gasteiger partial charge in [0.25, 0.3) is 0 Å². The molecule has 0 unspecified atom stereocenters. The number of piperazine rings is 1. The molecule has 1 aliphatic heterocycles. The highest BCUT2D eigenvalue weighted by molar-refractivity contribution is 5.30. The lowest BCUT2D eigenvalue weighted by Gasteiger charge is -2.37. The number of aryl methyl sites for hydroxylation is 1. The van der Waals surface area contributed by atoms with E-state index in [1.54, 1.807) is 6.20 Å². The predicted octanol–water partition coefficient (Wildman–Crippen LogP) is 0.678. The van der Waals surface area contributed by atoms with E-state index < -0.39 is 5.60 Å². The molecule has 18 heavy (non-hydrogen) atoms. The average molecular weight is 250 g/mol. The normalized spacial score (nSPS) is 18.1. The van der Waals surface area contributed by atoms with Crippen molar-refractivity contribution in [1.29, 1.82) is 0 Å². The summed E-state index contributed by atoms with van der Waals surface area (Å²) in [6, 6.07) is 1.91. The monoisotopic (exact) mass is 250 g/mol. The van der Waals surface area contributed by atoms with Gasteiger partial charge in [-0.15, -0.1) is 0 Å². The van der Waals surface area contributed by atoms with Crippen molar-refractivity contribution in [3.8, 4) is 0 Å². The summed E-state index contributed by atoms with van der Waals surface area (Å²) in [5.41, 5.74) is 0.376. The van der Waals surface area contributed by atoms with Crippen LogP contribution in [0.2, 0.25) is 0 Å². The first-order valence-electron chi connectivity index (χ1n) is 6.43. The van der Waals surface area contributed by atoms with Crippen LogP contribution in [0.5, 0.6) is 0 Å². The van der Waals surface area contributed by atoms with Gasteiger partial charge in [0.1, 0.15) is 0 Å². The molecule has 1 saturated heterocycles. The molecule has 2 heterocycles. The third-order valence-electron chi connectivity index (χ3n) is 3.05. The molecule has 0 bridgehead atoms. The zero-order valence-corrected chi connectivity index (χ0v) is 11.4. The topological polar surface area (TPSA) is 52.5 Å². The maximum Gasteiger partial charge on any atom is 0.225 e. The second-order valence-corrected chi connectivity index (χ2v) is 5.57. The molecule has 1 aromatic heterocycles. The Morgan fingerprint density at radius 2 is 1.94 bits per heavy atom. The highest BCUT2D eigenvalue weighted by Crippen LogP contribution is 2.13. The molecule has 1 aromatic rings. The second-order valence-electron chi connectivity index (χ2n) is 5.57. The molecule has 5 nitrogen and oxygen atoms in total. The number of β-amino-alcohol motifs (C(OH)–C–C–N with tert-alkyl or cyclic N) is 1. The fraction of sp³-hybridized carbons (Fsp3) is 0.692. The molecule has 2 rings (SSSR count). The fourth-order valence-electron chi connectivity index (χ4n) is 2.24. The first-order valence-corrected chi connectivity index (χ1v) is 6.43. The zero-order valence-electron chi connectivity index (χ0n) is 11.4. The molecule has 5 heteroatoms. The predicted molar refractivity (Wildman–Crippen MR) is 71.7 cm³/mol. The van der Waals surface area contributed by atoms with Crippen LogP contribution in [-0.4, -0.2) is 58.3 Å². The quantitative estimate of drug-likeness (QED) is 0.855. The van der Waals surface area contributed by atoms with Crippen molar-refractivity contribution in [3.63, 3.8) is 0 Å². The van der Waals surface area contributed by atoms with E-state index in [9.17, 15) is 5.11 Å². The molecule has 0 aromatic carbocycles. The molecule has 0 aliphatic carbocycles. The fourth-order valence-corrected chi connectivity index (χ4v) is 2.24. The van der Waals surface area contributed by atoms with Crippen LogP contribution in [0.25, 0.3) is 0 Å². The van der Waals surface area contributed by atoms with E-state index in [0.29, 0.717) is 0 Å². The first-order chi connectivity index (χ1) is 8.44. The number of hydrogen-bond acceptors (Lipinski definition) is 5. The number of nitrogens with zero attached hydrogens (tertiary/aromatic N) is 4. The van der Waals surface area contributed by atoms with Crippen molar-refractivity contribution in [2.24, 2.45) is 0 Å². The molecule has 0 atom stereocenters. The minimum Gasteiger partial charge on any atom is -0.389 e. The molecule has 1 aliphatic rings. The van der Waals surface area contributed by atoms with Crippen molar-refractivity contribution in [2.45, 2.75) is 26.4 Å². The van der Waals surface area contributed by atoms with Gasteiger partial charge in [0, 0.05) is 44.6 Å². The summed E-state index contributed by atoms with van der Waals surface area (Å²) in [6.07, 6.45) is 1.81. The Bertz CT molecular complexity index is 394. The van der Waals surface area contributed by atoms with Gasteiger partial charge in [-0.1, -0.05) is 0 Å². The zero-order chi connectivity index (χ0) is 13.2. The summed E-state index contributed by atoms with van der Waals surface area (Å²) in [6.45, 7) is 10.1. The van der Waals surface area contributed by atoms with Crippen molar-refractivity contribution in [3.05, 3.63) is 18.0 Å². The van der Waals surface area contributed by atoms with E-state index in [4.69, 9.17) is 0 Å². The average Bonchev–Trinajstić information content (AvgIpc) is 2.28. The Balaban J connectivity index is 1.91. The number of aromatic nitrogens is 2. The number of hydrogen-bond donors (Lipinski definition) is 1. The van der Waals surface area contributed by atoms with Gasteiger partial charge in [0.15, 0.2) is 0 Å². The number of aliphatic hydroxyl groups is 1. The van der Waals surface area contributed by atoms with Gasteiger partial charge in [-0.3, -0.25) is 4.90 Å². The Morgan fingerprint density at radius 1 is 1.28 bits per heavy atom. The first kappa shape index (κ1) is 13.2. The van der Waals surface area contributed by atoms with E-state index in [-0.39, 0.29) is 0 Å². The molecule has 0 amide bonds. The van der Waals surface area contributed by atoms with Crippen LogP contribution in [0.1, 0.15) is 19.5 Å². The Hall–Kier alpha value is -1.20. The summed E-state index contributed by atoms with van der Waals surface area (Å²) >= 11 is 0. The number of anilines is 1. The third-order valence-corrected chi connectivity index (χ3v) is 3.05. The molecule has 1 fully saturated rings. The number of rotatable bonds is 3. The summed E-state index contributed by atoms with van der Waals surface area (Å²) in [4.78, 5) is 13.2. The van der Waals surface area contributed by atoms with Crippen LogP contribution < -0.4 is 4.90 Å². The van der Waals surface area contributed by atoms with Crippen LogP contribution >= 0.6 is 0 Å². The van der Waals surface area contributed by atoms with Gasteiger partial charge in [0.2, 0.25) is 5.95 Å². The minimum absolute atomic E-state index is 0.623. The van der Waals surface area contributed by atoms with Gasteiger partial charge >= 0.3 is 0 Å². The van der Waals surface area contributed by atoms with E-state index in [1.807, 2.05) is 26.8 Å². The van der Waals surface area contributed by atoms with Crippen LogP contribution in [0.15, 0.2) is 12.3 Å². The standard InChI is InChI=1S/C13H22N4O/c1-11-4-5-14-12(15-11)17-8-6-16(7-9-17)10-13(2,3)18/h4-5,18H,6-10H2,1-3H3. The summed E-state index contributed by atoms with van der Waals surface area (Å²) in [5, 5.41) is 9.81. The van der Waals surface area contributed by atoms with Crippen LogP contribution in [0.3, 0.4) is 0 Å². The van der Waals surface area contributed by atoms with E-state index >= 15 is 0 Å². The maximum atomic E-state index is 9.81. The van der Waals surface area contributed by atoms with Crippen LogP contribution in [0.4, 0.5) is 5.95 Å². The molecule has 0 spiro atoms. The van der Waals surface area contributed by atoms with Gasteiger partial charge in [-0.25, -0.2) is 9.97 Å². The van der Waals surface area contributed by atoms with Crippen molar-refractivity contribution < 1.29 is 5.11 Å². The molecule has 0 saturated carbocycles. The molecule has 0 radical (unpaired) electrons. The Morgan fingerprint density at radius 3 is 2.50 bits per heavy atom. The molecular weight excluding hydrogens is 228 g/mol. The lowest BCUT2D eigenvalue weighted by molar-refractivity contribution is 0.0344. The van der Waals surface area contributed by atoms with E-state index in [1.165, 1.54) is 0 Å². The van der Waals surface area contributed by atoms with E-state index in [0.717, 1.165) is 44.4 Å². The van der Waals surface area contributed by atoms with Crippen LogP contribution in [-0.2, 0) is 0 Å². The van der Waals surface area contributed by atoms with Crippen LogP contribution in [0, 0.1) is 6.92 Å². The largest absolute Gasteiger partial charge is 0.389 e.